The minimum atomic E-state index is -1.18. The minimum Gasteiger partial charge on any atom is -1.00 e. The van der Waals surface area contributed by atoms with Gasteiger partial charge < -0.3 is 60.5 Å². The lowest BCUT2D eigenvalue weighted by atomic mass is 10.0. The van der Waals surface area contributed by atoms with Crippen molar-refractivity contribution in [3.05, 3.63) is 42.5 Å². The van der Waals surface area contributed by atoms with E-state index in [1.54, 1.807) is 28.7 Å². The average molecular weight is 542 g/mol. The van der Waals surface area contributed by atoms with Crippen LogP contribution in [0.25, 0.3) is 11.2 Å². The molecule has 5 N–H and O–H groups in total. The van der Waals surface area contributed by atoms with Gasteiger partial charge >= 0.3 is 0 Å². The first-order valence-electron chi connectivity index (χ1n) is 10.8. The molecule has 0 saturated carbocycles. The van der Waals surface area contributed by atoms with Crippen molar-refractivity contribution < 1.29 is 49.3 Å². The quantitative estimate of drug-likeness (QED) is 0.215. The molecule has 1 aliphatic heterocycles. The van der Waals surface area contributed by atoms with Crippen LogP contribution >= 0.6 is 0 Å². The van der Waals surface area contributed by atoms with Crippen molar-refractivity contribution in [3.8, 4) is 5.75 Å². The highest BCUT2D eigenvalue weighted by Crippen LogP contribution is 2.32. The molecule has 3 heterocycles. The zero-order valence-electron chi connectivity index (χ0n) is 20.0. The van der Waals surface area contributed by atoms with Crippen LogP contribution in [0.3, 0.4) is 0 Å². The summed E-state index contributed by atoms with van der Waals surface area (Å²) in [6, 6.07) is 5.52. The van der Waals surface area contributed by atoms with Crippen LogP contribution in [0.15, 0.2) is 36.9 Å². The zero-order valence-corrected chi connectivity index (χ0v) is 21.5. The number of aliphatic hydroxyl groups is 2. The number of benzene rings is 1. The maximum absolute atomic E-state index is 12.8. The molecule has 1 amide bonds. The van der Waals surface area contributed by atoms with E-state index in [1.807, 2.05) is 26.2 Å². The number of nitrogens with zero attached hydrogens (tertiary/aromatic N) is 5. The Labute approximate surface area is 220 Å². The molecular weight excluding hydrogens is 513 g/mol. The maximum atomic E-state index is 12.8. The van der Waals surface area contributed by atoms with E-state index in [2.05, 4.69) is 20.3 Å². The van der Waals surface area contributed by atoms with Gasteiger partial charge in [-0.2, -0.15) is 0 Å². The van der Waals surface area contributed by atoms with Gasteiger partial charge in [0.1, 0.15) is 24.3 Å². The second-order valence-corrected chi connectivity index (χ2v) is 8.35. The highest BCUT2D eigenvalue weighted by molar-refractivity contribution is 5.83. The highest BCUT2D eigenvalue weighted by atomic mass is 35.5. The fourth-order valence-electron chi connectivity index (χ4n) is 4.04. The third kappa shape index (κ3) is 5.80. The predicted octanol–water partition coefficient (Wildman–Crippen LogP) is -6.79. The van der Waals surface area contributed by atoms with E-state index < -0.39 is 43.0 Å². The Morgan fingerprint density at radius 2 is 1.94 bits per heavy atom. The molecule has 4 rings (SSSR count). The number of halogens is 2. The first kappa shape index (κ1) is 29.5. The van der Waals surface area contributed by atoms with Gasteiger partial charge in [-0.3, -0.25) is 9.36 Å². The molecule has 0 spiro atoms. The van der Waals surface area contributed by atoms with Gasteiger partial charge in [-0.1, -0.05) is 12.1 Å². The molecule has 198 valence electrons. The summed E-state index contributed by atoms with van der Waals surface area (Å²) in [7, 11) is 5.25. The lowest BCUT2D eigenvalue weighted by Gasteiger charge is -2.23. The smallest absolute Gasteiger partial charge is 0.237 e. The van der Waals surface area contributed by atoms with Crippen molar-refractivity contribution in [3.63, 3.8) is 0 Å². The first-order valence-corrected chi connectivity index (χ1v) is 10.8. The number of aromatic nitrogens is 4. The molecule has 12 nitrogen and oxygen atoms in total. The van der Waals surface area contributed by atoms with E-state index in [-0.39, 0.29) is 24.8 Å². The number of aliphatic hydroxyl groups excluding tert-OH is 2. The molecule has 1 aliphatic rings. The summed E-state index contributed by atoms with van der Waals surface area (Å²) in [4.78, 5) is 27.5. The van der Waals surface area contributed by atoms with Crippen molar-refractivity contribution >= 4 is 22.9 Å². The Morgan fingerprint density at radius 3 is 2.56 bits per heavy atom. The van der Waals surface area contributed by atoms with Gasteiger partial charge in [-0.15, -0.1) is 0 Å². The fourth-order valence-corrected chi connectivity index (χ4v) is 4.04. The van der Waals surface area contributed by atoms with Crippen LogP contribution in [0.5, 0.6) is 5.75 Å². The molecule has 0 aliphatic carbocycles. The largest absolute Gasteiger partial charge is 1.00 e. The van der Waals surface area contributed by atoms with Crippen LogP contribution in [0.2, 0.25) is 0 Å². The number of anilines is 1. The van der Waals surface area contributed by atoms with Gasteiger partial charge in [0.05, 0.1) is 32.1 Å². The number of rotatable bonds is 8. The summed E-state index contributed by atoms with van der Waals surface area (Å²) in [5, 5.41) is 23.6. The molecule has 5 unspecified atom stereocenters. The Balaban J connectivity index is 0.00000228. The lowest BCUT2D eigenvalue weighted by molar-refractivity contribution is -0.124. The molecule has 14 heteroatoms. The van der Waals surface area contributed by atoms with Crippen LogP contribution in [-0.2, 0) is 16.0 Å². The summed E-state index contributed by atoms with van der Waals surface area (Å²) in [6.45, 7) is -0.406. The number of hydrogen-bond acceptors (Lipinski definition) is 10. The predicted molar refractivity (Wildman–Crippen MR) is 123 cm³/mol. The van der Waals surface area contributed by atoms with E-state index >= 15 is 0 Å². The van der Waals surface area contributed by atoms with Crippen molar-refractivity contribution in [2.75, 3.05) is 32.7 Å². The SMILES string of the molecule is COc1ccc(CC(N)C(=O)NC2C(CO)OC(n3cnc4c(N(C)C)ncnc43)C2O)cc1.[Cl-].[Cl-]. The second kappa shape index (κ2) is 12.5. The molecular formula is C22H29Cl2N7O5-2. The number of amides is 1. The summed E-state index contributed by atoms with van der Waals surface area (Å²) in [6.07, 6.45) is 0.250. The number of ether oxygens (including phenoxy) is 2. The van der Waals surface area contributed by atoms with Crippen molar-refractivity contribution in [2.24, 2.45) is 5.73 Å². The van der Waals surface area contributed by atoms with E-state index in [0.29, 0.717) is 29.2 Å². The zero-order chi connectivity index (χ0) is 24.4. The molecule has 36 heavy (non-hydrogen) atoms. The van der Waals surface area contributed by atoms with Crippen molar-refractivity contribution in [1.82, 2.24) is 24.8 Å². The average Bonchev–Trinajstić information content (AvgIpc) is 3.40. The number of carbonyl (C=O) groups is 1. The van der Waals surface area contributed by atoms with Crippen LogP contribution < -0.4 is 45.5 Å². The normalized spacial score (nSPS) is 21.8. The number of imidazole rings is 1. The third-order valence-corrected chi connectivity index (χ3v) is 5.85. The molecule has 3 aromatic rings. The number of nitrogens with two attached hydrogens (primary N) is 1. The standard InChI is InChI=1S/C22H29N7O5.2ClH/c1-28(2)19-17-20(25-10-24-19)29(11-26-17)22-18(31)16(15(9-30)34-22)27-21(32)14(23)8-12-4-6-13(33-3)7-5-12;;/h4-7,10-11,14-16,18,22,30-31H,8-9,23H2,1-3H3,(H,27,32);2*1H/p-2. The topological polar surface area (TPSA) is 161 Å². The minimum absolute atomic E-state index is 0. The number of carbonyl (C=O) groups excluding carboxylic acids is 1. The van der Waals surface area contributed by atoms with E-state index in [1.165, 1.54) is 12.7 Å². The first-order chi connectivity index (χ1) is 16.3. The summed E-state index contributed by atoms with van der Waals surface area (Å²) >= 11 is 0. The molecule has 5 atom stereocenters. The van der Waals surface area contributed by atoms with Gasteiger partial charge in [0, 0.05) is 14.1 Å². The summed E-state index contributed by atoms with van der Waals surface area (Å²) < 4.78 is 12.6. The van der Waals surface area contributed by atoms with Gasteiger partial charge in [-0.25, -0.2) is 15.0 Å². The van der Waals surface area contributed by atoms with Crippen molar-refractivity contribution in [1.29, 1.82) is 0 Å². The Kier molecular flexibility index (Phi) is 10.2. The van der Waals surface area contributed by atoms with Crippen molar-refractivity contribution in [2.45, 2.75) is 36.9 Å². The van der Waals surface area contributed by atoms with Gasteiger partial charge in [-0.05, 0) is 24.1 Å². The molecule has 1 saturated heterocycles. The summed E-state index contributed by atoms with van der Waals surface area (Å²) in [5.74, 6) is 0.861. The van der Waals surface area contributed by atoms with Crippen LogP contribution in [0, 0.1) is 0 Å². The molecule has 1 aromatic carbocycles. The van der Waals surface area contributed by atoms with E-state index in [9.17, 15) is 15.0 Å². The van der Waals surface area contributed by atoms with Gasteiger partial charge in [0.2, 0.25) is 5.91 Å². The van der Waals surface area contributed by atoms with Crippen LogP contribution in [-0.4, -0.2) is 87.7 Å². The lowest BCUT2D eigenvalue weighted by Crippen LogP contribution is -3.00. The van der Waals surface area contributed by atoms with Crippen LogP contribution in [0.4, 0.5) is 5.82 Å². The highest BCUT2D eigenvalue weighted by Gasteiger charge is 2.46. The molecule has 1 fully saturated rings. The number of nitrogens with one attached hydrogen (secondary N) is 1. The second-order valence-electron chi connectivity index (χ2n) is 8.35. The van der Waals surface area contributed by atoms with Crippen LogP contribution in [0.1, 0.15) is 11.8 Å². The molecule has 0 bridgehead atoms. The van der Waals surface area contributed by atoms with E-state index in [0.717, 1.165) is 5.56 Å². The number of methoxy groups -OCH3 is 1. The molecule has 2 aromatic heterocycles. The van der Waals surface area contributed by atoms with Gasteiger partial charge in [0.25, 0.3) is 0 Å². The summed E-state index contributed by atoms with van der Waals surface area (Å²) in [5.41, 5.74) is 7.98. The number of hydrogen-bond donors (Lipinski definition) is 4. The number of fused-ring (bicyclic) bond motifs is 1. The van der Waals surface area contributed by atoms with Gasteiger partial charge in [0.15, 0.2) is 23.2 Å². The fraction of sp³-hybridized carbons (Fsp3) is 0.455. The maximum Gasteiger partial charge on any atom is 0.237 e. The van der Waals surface area contributed by atoms with E-state index in [4.69, 9.17) is 15.2 Å². The Morgan fingerprint density at radius 1 is 1.25 bits per heavy atom. The Bertz CT molecular complexity index is 1150. The Hall–Kier alpha value is -2.74. The monoisotopic (exact) mass is 541 g/mol. The third-order valence-electron chi connectivity index (χ3n) is 5.85. The molecule has 0 radical (unpaired) electrons.